The van der Waals surface area contributed by atoms with Gasteiger partial charge in [-0.3, -0.25) is 9.69 Å². The predicted octanol–water partition coefficient (Wildman–Crippen LogP) is 3.39. The fourth-order valence-corrected chi connectivity index (χ4v) is 5.01. The number of benzene rings is 1. The molecule has 0 spiro atoms. The molecule has 1 fully saturated rings. The first-order valence-electron chi connectivity index (χ1n) is 9.21. The van der Waals surface area contributed by atoms with Crippen LogP contribution in [-0.4, -0.2) is 43.8 Å². The highest BCUT2D eigenvalue weighted by molar-refractivity contribution is 8.00. The molecule has 4 heterocycles. The first-order valence-corrected chi connectivity index (χ1v) is 11.3. The van der Waals surface area contributed by atoms with E-state index in [0.717, 1.165) is 53.0 Å². The molecule has 3 aromatic heterocycles. The first kappa shape index (κ1) is 17.8. The van der Waals surface area contributed by atoms with Crippen molar-refractivity contribution in [2.24, 2.45) is 0 Å². The number of hydrogen-bond acceptors (Lipinski definition) is 8. The summed E-state index contributed by atoms with van der Waals surface area (Å²) in [6, 6.07) is 9.50. The van der Waals surface area contributed by atoms with E-state index in [-0.39, 0.29) is 5.56 Å². The molecule has 1 saturated heterocycles. The van der Waals surface area contributed by atoms with E-state index in [1.165, 1.54) is 27.6 Å². The number of fused-ring (bicyclic) bond motifs is 2. The quantitative estimate of drug-likeness (QED) is 0.475. The molecule has 9 heteroatoms. The van der Waals surface area contributed by atoms with E-state index >= 15 is 0 Å². The van der Waals surface area contributed by atoms with Crippen molar-refractivity contribution in [3.63, 3.8) is 0 Å². The lowest BCUT2D eigenvalue weighted by atomic mass is 9.96. The van der Waals surface area contributed by atoms with Crippen LogP contribution >= 0.6 is 23.1 Å². The van der Waals surface area contributed by atoms with Crippen LogP contribution in [-0.2, 0) is 6.54 Å². The number of aromatic nitrogens is 4. The van der Waals surface area contributed by atoms with Crippen molar-refractivity contribution in [2.45, 2.75) is 29.6 Å². The van der Waals surface area contributed by atoms with Crippen LogP contribution in [0, 0.1) is 0 Å². The Morgan fingerprint density at radius 2 is 2.07 bits per heavy atom. The normalized spacial score (nSPS) is 16.3. The Balaban J connectivity index is 1.28. The summed E-state index contributed by atoms with van der Waals surface area (Å²) in [7, 11) is 0. The molecule has 0 aliphatic carbocycles. The highest BCUT2D eigenvalue weighted by Gasteiger charge is 2.25. The lowest BCUT2D eigenvalue weighted by molar-refractivity contribution is 0.192. The predicted molar refractivity (Wildman–Crippen MR) is 110 cm³/mol. The minimum absolute atomic E-state index is 0.113. The maximum Gasteiger partial charge on any atom is 0.275 e. The van der Waals surface area contributed by atoms with E-state index < -0.39 is 0 Å². The highest BCUT2D eigenvalue weighted by atomic mass is 32.2. The third kappa shape index (κ3) is 3.34. The molecule has 0 saturated carbocycles. The van der Waals surface area contributed by atoms with Gasteiger partial charge in [-0.2, -0.15) is 4.52 Å². The molecule has 5 rings (SSSR count). The molecule has 1 aliphatic rings. The van der Waals surface area contributed by atoms with Crippen LogP contribution in [0.15, 0.2) is 43.9 Å². The van der Waals surface area contributed by atoms with Crippen LogP contribution < -0.4 is 5.56 Å². The lowest BCUT2D eigenvalue weighted by Crippen LogP contribution is -2.33. The van der Waals surface area contributed by atoms with Gasteiger partial charge in [-0.15, -0.1) is 5.10 Å². The van der Waals surface area contributed by atoms with Crippen molar-refractivity contribution in [2.75, 3.05) is 19.3 Å². The smallest absolute Gasteiger partial charge is 0.275 e. The summed E-state index contributed by atoms with van der Waals surface area (Å²) >= 11 is 2.98. The van der Waals surface area contributed by atoms with E-state index in [1.807, 2.05) is 30.5 Å². The molecule has 0 bridgehead atoms. The number of para-hydroxylation sites is 2. The topological polar surface area (TPSA) is 76.5 Å². The van der Waals surface area contributed by atoms with E-state index in [4.69, 9.17) is 4.42 Å². The van der Waals surface area contributed by atoms with Gasteiger partial charge in [0.1, 0.15) is 5.52 Å². The van der Waals surface area contributed by atoms with Gasteiger partial charge in [-0.1, -0.05) is 35.2 Å². The summed E-state index contributed by atoms with van der Waals surface area (Å²) in [5, 5.41) is 4.27. The van der Waals surface area contributed by atoms with Gasteiger partial charge in [0.15, 0.2) is 15.8 Å². The Morgan fingerprint density at radius 3 is 2.86 bits per heavy atom. The largest absolute Gasteiger partial charge is 0.440 e. The monoisotopic (exact) mass is 413 g/mol. The van der Waals surface area contributed by atoms with E-state index in [2.05, 4.69) is 20.0 Å². The Morgan fingerprint density at radius 1 is 1.25 bits per heavy atom. The van der Waals surface area contributed by atoms with Crippen molar-refractivity contribution >= 4 is 39.2 Å². The lowest BCUT2D eigenvalue weighted by Gasteiger charge is -2.30. The van der Waals surface area contributed by atoms with Crippen LogP contribution in [0.2, 0.25) is 0 Å². The summed E-state index contributed by atoms with van der Waals surface area (Å²) < 4.78 is 8.18. The average molecular weight is 414 g/mol. The molecule has 144 valence electrons. The Bertz CT molecular complexity index is 1160. The van der Waals surface area contributed by atoms with Gasteiger partial charge in [0, 0.05) is 18.5 Å². The fourth-order valence-electron chi connectivity index (χ4n) is 3.63. The molecule has 1 aliphatic heterocycles. The van der Waals surface area contributed by atoms with Gasteiger partial charge in [-0.05, 0) is 44.3 Å². The third-order valence-corrected chi connectivity index (χ3v) is 6.97. The van der Waals surface area contributed by atoms with Crippen LogP contribution in [0.25, 0.3) is 16.1 Å². The van der Waals surface area contributed by atoms with Gasteiger partial charge in [0.25, 0.3) is 5.56 Å². The van der Waals surface area contributed by atoms with Gasteiger partial charge in [0.2, 0.25) is 4.96 Å². The summed E-state index contributed by atoms with van der Waals surface area (Å²) in [6.45, 7) is 2.55. The van der Waals surface area contributed by atoms with Crippen molar-refractivity contribution < 1.29 is 4.42 Å². The number of oxazole rings is 1. The zero-order valence-corrected chi connectivity index (χ0v) is 17.0. The minimum Gasteiger partial charge on any atom is -0.440 e. The number of rotatable bonds is 4. The van der Waals surface area contributed by atoms with E-state index in [0.29, 0.717) is 17.4 Å². The number of hydrogen-bond donors (Lipinski definition) is 0. The number of nitrogens with zero attached hydrogens (tertiary/aromatic N) is 5. The SMILES string of the molecule is CSc1nn2c(=O)cc(CN3CCC(c4nc5ccccc5o4)CC3)nc2s1. The molecular weight excluding hydrogens is 394 g/mol. The van der Waals surface area contributed by atoms with Crippen LogP contribution in [0.3, 0.4) is 0 Å². The minimum atomic E-state index is -0.113. The summed E-state index contributed by atoms with van der Waals surface area (Å²) in [4.78, 5) is 24.6. The van der Waals surface area contributed by atoms with Gasteiger partial charge in [-0.25, -0.2) is 9.97 Å². The first-order chi connectivity index (χ1) is 13.7. The number of piperidine rings is 1. The second kappa shape index (κ2) is 7.31. The molecule has 4 aromatic rings. The molecular formula is C19H19N5O2S2. The maximum absolute atomic E-state index is 12.3. The zero-order chi connectivity index (χ0) is 19.1. The Kier molecular flexibility index (Phi) is 4.65. The molecule has 28 heavy (non-hydrogen) atoms. The van der Waals surface area contributed by atoms with E-state index in [9.17, 15) is 4.79 Å². The zero-order valence-electron chi connectivity index (χ0n) is 15.4. The standard InChI is InChI=1S/C19H19N5O2S2/c1-27-19-22-24-16(25)10-13(20-18(24)28-19)11-23-8-6-12(7-9-23)17-21-14-4-2-3-5-15(14)26-17/h2-5,10,12H,6-9,11H2,1H3. The van der Waals surface area contributed by atoms with Gasteiger partial charge in [0.05, 0.1) is 5.69 Å². The molecule has 0 unspecified atom stereocenters. The maximum atomic E-state index is 12.3. The average Bonchev–Trinajstić information content (AvgIpc) is 3.32. The molecule has 7 nitrogen and oxygen atoms in total. The number of likely N-dealkylation sites (tertiary alicyclic amines) is 1. The fraction of sp³-hybridized carbons (Fsp3) is 0.368. The highest BCUT2D eigenvalue weighted by Crippen LogP contribution is 2.30. The van der Waals surface area contributed by atoms with E-state index in [1.54, 1.807) is 6.07 Å². The van der Waals surface area contributed by atoms with Crippen LogP contribution in [0.5, 0.6) is 0 Å². The molecule has 0 atom stereocenters. The summed E-state index contributed by atoms with van der Waals surface area (Å²) in [5.41, 5.74) is 2.47. The Labute approximate surface area is 169 Å². The third-order valence-electron chi connectivity index (χ3n) is 5.09. The number of thioether (sulfide) groups is 1. The summed E-state index contributed by atoms with van der Waals surface area (Å²) in [6.07, 6.45) is 3.93. The second-order valence-corrected chi connectivity index (χ2v) is 8.93. The summed E-state index contributed by atoms with van der Waals surface area (Å²) in [5.74, 6) is 1.18. The van der Waals surface area contributed by atoms with Crippen molar-refractivity contribution in [1.29, 1.82) is 0 Å². The molecule has 0 N–H and O–H groups in total. The van der Waals surface area contributed by atoms with Gasteiger partial charge < -0.3 is 4.42 Å². The van der Waals surface area contributed by atoms with Crippen molar-refractivity contribution in [3.8, 4) is 0 Å². The molecule has 1 aromatic carbocycles. The van der Waals surface area contributed by atoms with Crippen molar-refractivity contribution in [1.82, 2.24) is 24.5 Å². The van der Waals surface area contributed by atoms with Gasteiger partial charge >= 0.3 is 0 Å². The van der Waals surface area contributed by atoms with Crippen molar-refractivity contribution in [3.05, 3.63) is 52.3 Å². The van der Waals surface area contributed by atoms with Crippen LogP contribution in [0.1, 0.15) is 30.3 Å². The second-order valence-electron chi connectivity index (χ2n) is 6.92. The molecule has 0 radical (unpaired) electrons. The molecule has 0 amide bonds. The Hall–Kier alpha value is -2.23. The van der Waals surface area contributed by atoms with Crippen LogP contribution in [0.4, 0.5) is 0 Å².